The minimum atomic E-state index is -0.259. The number of aromatic nitrogens is 2. The van der Waals surface area contributed by atoms with E-state index in [2.05, 4.69) is 35.6 Å². The van der Waals surface area contributed by atoms with Gasteiger partial charge in [-0.25, -0.2) is 4.98 Å². The van der Waals surface area contributed by atoms with E-state index in [1.807, 2.05) is 0 Å². The molecule has 11 nitrogen and oxygen atoms in total. The minimum Gasteiger partial charge on any atom is -0.469 e. The van der Waals surface area contributed by atoms with E-state index >= 15 is 0 Å². The molecule has 1 saturated heterocycles. The number of benzene rings is 2. The van der Waals surface area contributed by atoms with Crippen molar-refractivity contribution in [2.75, 3.05) is 56.7 Å². The maximum Gasteiger partial charge on any atom is 0.306 e. The average molecular weight is 628 g/mol. The number of ether oxygens (including phenoxy) is 1. The number of hydrogen-bond acceptors (Lipinski definition) is 10. The minimum absolute atomic E-state index is 0.0607. The highest BCUT2D eigenvalue weighted by Gasteiger charge is 2.24. The molecular formula is C28H30ClN7O4S2. The molecule has 14 heteroatoms. The van der Waals surface area contributed by atoms with Gasteiger partial charge < -0.3 is 30.5 Å². The number of rotatable bonds is 9. The van der Waals surface area contributed by atoms with Gasteiger partial charge in [-0.3, -0.25) is 14.4 Å². The molecule has 0 spiro atoms. The standard InChI is InChI=1S/C28H30ClN7O4S2/c1-30-25(38)20-5-3-4-6-22(20)33-24-21(29)17-31-27(34-24)32-19-9-7-18(8-10-19)26(39)35-12-14-36(15-13-35)28(41)42-16-11-23(37)40-2/h3-10,17H,11-16H2,1-2H3,(H,30,38)(H2,31,32,33,34). The summed E-state index contributed by atoms with van der Waals surface area (Å²) in [6.45, 7) is 2.36. The Morgan fingerprint density at radius 2 is 1.71 bits per heavy atom. The molecule has 2 heterocycles. The Hall–Kier alpha value is -3.94. The molecule has 2 aromatic carbocycles. The van der Waals surface area contributed by atoms with Crippen LogP contribution >= 0.6 is 35.6 Å². The molecule has 0 saturated carbocycles. The molecule has 42 heavy (non-hydrogen) atoms. The number of nitrogens with zero attached hydrogens (tertiary/aromatic N) is 4. The van der Waals surface area contributed by atoms with Crippen molar-refractivity contribution in [3.8, 4) is 0 Å². The van der Waals surface area contributed by atoms with Gasteiger partial charge in [-0.2, -0.15) is 4.98 Å². The topological polar surface area (TPSA) is 129 Å². The summed E-state index contributed by atoms with van der Waals surface area (Å²) in [6.07, 6.45) is 1.77. The van der Waals surface area contributed by atoms with Crippen molar-refractivity contribution in [1.29, 1.82) is 0 Å². The van der Waals surface area contributed by atoms with Crippen LogP contribution in [0.1, 0.15) is 27.1 Å². The summed E-state index contributed by atoms with van der Waals surface area (Å²) in [7, 11) is 2.93. The number of thiocarbonyl (C=S) groups is 1. The number of hydrogen-bond donors (Lipinski definition) is 3. The van der Waals surface area contributed by atoms with Gasteiger partial charge in [-0.15, -0.1) is 0 Å². The predicted molar refractivity (Wildman–Crippen MR) is 169 cm³/mol. The molecule has 0 bridgehead atoms. The lowest BCUT2D eigenvalue weighted by Crippen LogP contribution is -2.49. The number of amides is 2. The van der Waals surface area contributed by atoms with Gasteiger partial charge in [0, 0.05) is 50.2 Å². The van der Waals surface area contributed by atoms with E-state index < -0.39 is 0 Å². The number of halogens is 1. The molecule has 3 N–H and O–H groups in total. The Kier molecular flexibility index (Phi) is 10.9. The third kappa shape index (κ3) is 8.08. The fraction of sp³-hybridized carbons (Fsp3) is 0.286. The molecule has 1 aromatic heterocycles. The summed E-state index contributed by atoms with van der Waals surface area (Å²) in [5.41, 5.74) is 2.24. The predicted octanol–water partition coefficient (Wildman–Crippen LogP) is 4.32. The second-order valence-electron chi connectivity index (χ2n) is 9.06. The van der Waals surface area contributed by atoms with Gasteiger partial charge >= 0.3 is 5.97 Å². The van der Waals surface area contributed by atoms with E-state index in [0.717, 1.165) is 4.32 Å². The van der Waals surface area contributed by atoms with E-state index in [1.54, 1.807) is 60.5 Å². The highest BCUT2D eigenvalue weighted by molar-refractivity contribution is 8.22. The normalized spacial score (nSPS) is 12.8. The smallest absolute Gasteiger partial charge is 0.306 e. The van der Waals surface area contributed by atoms with E-state index in [4.69, 9.17) is 23.8 Å². The van der Waals surface area contributed by atoms with Gasteiger partial charge in [-0.1, -0.05) is 47.7 Å². The summed E-state index contributed by atoms with van der Waals surface area (Å²) >= 11 is 13.3. The van der Waals surface area contributed by atoms with E-state index in [1.165, 1.54) is 25.1 Å². The molecule has 1 aliphatic heterocycles. The number of carbonyl (C=O) groups is 3. The lowest BCUT2D eigenvalue weighted by Gasteiger charge is -2.36. The number of para-hydroxylation sites is 1. The summed E-state index contributed by atoms with van der Waals surface area (Å²) in [5.74, 6) is 0.621. The van der Waals surface area contributed by atoms with Crippen molar-refractivity contribution in [3.05, 3.63) is 70.9 Å². The van der Waals surface area contributed by atoms with Crippen LogP contribution in [0.4, 0.5) is 23.1 Å². The lowest BCUT2D eigenvalue weighted by atomic mass is 10.1. The zero-order valence-corrected chi connectivity index (χ0v) is 25.4. The maximum absolute atomic E-state index is 13.1. The third-order valence-electron chi connectivity index (χ3n) is 6.37. The van der Waals surface area contributed by atoms with Crippen molar-refractivity contribution in [1.82, 2.24) is 25.1 Å². The van der Waals surface area contributed by atoms with Crippen LogP contribution in [0.15, 0.2) is 54.7 Å². The van der Waals surface area contributed by atoms with Crippen LogP contribution < -0.4 is 16.0 Å². The van der Waals surface area contributed by atoms with Gasteiger partial charge in [0.15, 0.2) is 5.82 Å². The number of methoxy groups -OCH3 is 1. The highest BCUT2D eigenvalue weighted by Crippen LogP contribution is 2.27. The Morgan fingerprint density at radius 3 is 2.40 bits per heavy atom. The van der Waals surface area contributed by atoms with E-state index in [9.17, 15) is 14.4 Å². The van der Waals surface area contributed by atoms with Gasteiger partial charge in [0.05, 0.1) is 31.0 Å². The van der Waals surface area contributed by atoms with Crippen molar-refractivity contribution < 1.29 is 19.1 Å². The molecule has 0 unspecified atom stereocenters. The molecule has 4 rings (SSSR count). The number of nitrogens with one attached hydrogen (secondary N) is 3. The number of esters is 1. The van der Waals surface area contributed by atoms with Crippen molar-refractivity contribution >= 4 is 80.8 Å². The van der Waals surface area contributed by atoms with Gasteiger partial charge in [0.1, 0.15) is 9.34 Å². The Morgan fingerprint density at radius 1 is 1.02 bits per heavy atom. The Balaban J connectivity index is 1.33. The maximum atomic E-state index is 13.1. The number of thioether (sulfide) groups is 1. The molecule has 1 fully saturated rings. The van der Waals surface area contributed by atoms with Crippen LogP contribution in [0.25, 0.3) is 0 Å². The first-order valence-electron chi connectivity index (χ1n) is 13.0. The largest absolute Gasteiger partial charge is 0.469 e. The van der Waals surface area contributed by atoms with Gasteiger partial charge in [0.2, 0.25) is 5.95 Å². The molecule has 0 aliphatic carbocycles. The van der Waals surface area contributed by atoms with Crippen molar-refractivity contribution in [2.24, 2.45) is 0 Å². The molecule has 0 atom stereocenters. The lowest BCUT2D eigenvalue weighted by molar-refractivity contribution is -0.140. The van der Waals surface area contributed by atoms with Gasteiger partial charge in [0.25, 0.3) is 11.8 Å². The van der Waals surface area contributed by atoms with Crippen LogP contribution in [-0.2, 0) is 9.53 Å². The first-order valence-corrected chi connectivity index (χ1v) is 14.8. The quantitative estimate of drug-likeness (QED) is 0.232. The van der Waals surface area contributed by atoms with Crippen LogP contribution in [-0.4, -0.2) is 88.0 Å². The zero-order chi connectivity index (χ0) is 30.1. The highest BCUT2D eigenvalue weighted by atomic mass is 35.5. The third-order valence-corrected chi connectivity index (χ3v) is 8.17. The second kappa shape index (κ2) is 14.8. The molecular weight excluding hydrogens is 598 g/mol. The molecule has 0 radical (unpaired) electrons. The van der Waals surface area contributed by atoms with Crippen LogP contribution in [0.3, 0.4) is 0 Å². The molecule has 220 valence electrons. The SMILES string of the molecule is CNC(=O)c1ccccc1Nc1nc(Nc2ccc(C(=O)N3CCN(C(=S)SCCC(=O)OC)CC3)cc2)ncc1Cl. The van der Waals surface area contributed by atoms with E-state index in [0.29, 0.717) is 66.7 Å². The fourth-order valence-electron chi connectivity index (χ4n) is 4.08. The fourth-order valence-corrected chi connectivity index (χ4v) is 5.46. The average Bonchev–Trinajstić information content (AvgIpc) is 3.02. The molecule has 3 aromatic rings. The Bertz CT molecular complexity index is 1450. The van der Waals surface area contributed by atoms with Crippen molar-refractivity contribution in [2.45, 2.75) is 6.42 Å². The van der Waals surface area contributed by atoms with E-state index in [-0.39, 0.29) is 28.8 Å². The first kappa shape index (κ1) is 31.0. The van der Waals surface area contributed by atoms with Crippen LogP contribution in [0.2, 0.25) is 5.02 Å². The number of piperazine rings is 1. The van der Waals surface area contributed by atoms with Crippen molar-refractivity contribution in [3.63, 3.8) is 0 Å². The summed E-state index contributed by atoms with van der Waals surface area (Å²) < 4.78 is 5.38. The summed E-state index contributed by atoms with van der Waals surface area (Å²) in [6, 6.07) is 14.1. The zero-order valence-electron chi connectivity index (χ0n) is 23.1. The number of carbonyl (C=O) groups excluding carboxylic acids is 3. The summed E-state index contributed by atoms with van der Waals surface area (Å²) in [4.78, 5) is 49.2. The first-order chi connectivity index (χ1) is 20.3. The van der Waals surface area contributed by atoms with Crippen LogP contribution in [0.5, 0.6) is 0 Å². The summed E-state index contributed by atoms with van der Waals surface area (Å²) in [5, 5.41) is 9.12. The Labute approximate surface area is 258 Å². The van der Waals surface area contributed by atoms with Gasteiger partial charge in [-0.05, 0) is 36.4 Å². The molecule has 1 aliphatic rings. The second-order valence-corrected chi connectivity index (χ2v) is 11.2. The molecule has 2 amide bonds. The monoisotopic (exact) mass is 627 g/mol. The number of anilines is 4. The van der Waals surface area contributed by atoms with Crippen LogP contribution in [0, 0.1) is 0 Å².